The first-order chi connectivity index (χ1) is 8.58. The number of nitro groups is 1. The van der Waals surface area contributed by atoms with Crippen LogP contribution in [-0.4, -0.2) is 12.0 Å². The summed E-state index contributed by atoms with van der Waals surface area (Å²) in [5.41, 5.74) is 1.66. The van der Waals surface area contributed by atoms with Crippen LogP contribution in [0.2, 0.25) is 0 Å². The molecule has 0 atom stereocenters. The van der Waals surface area contributed by atoms with E-state index in [1.807, 2.05) is 11.9 Å². The van der Waals surface area contributed by atoms with Crippen LogP contribution in [0.25, 0.3) is 0 Å². The van der Waals surface area contributed by atoms with E-state index in [2.05, 4.69) is 0 Å². The van der Waals surface area contributed by atoms with Crippen molar-refractivity contribution in [2.24, 2.45) is 0 Å². The molecule has 0 heterocycles. The van der Waals surface area contributed by atoms with Crippen LogP contribution in [0.15, 0.2) is 48.5 Å². The molecule has 18 heavy (non-hydrogen) atoms. The summed E-state index contributed by atoms with van der Waals surface area (Å²) in [5, 5.41) is 10.5. The Balaban J connectivity index is 2.25. The molecule has 0 aliphatic heterocycles. The third kappa shape index (κ3) is 2.45. The summed E-state index contributed by atoms with van der Waals surface area (Å²) in [6, 6.07) is 12.2. The quantitative estimate of drug-likeness (QED) is 0.615. The second kappa shape index (κ2) is 4.83. The molecule has 0 fully saturated rings. The highest BCUT2D eigenvalue weighted by molar-refractivity contribution is 5.63. The third-order valence-corrected chi connectivity index (χ3v) is 2.66. The lowest BCUT2D eigenvalue weighted by atomic mass is 10.2. The molecule has 0 aliphatic carbocycles. The van der Waals surface area contributed by atoms with Crippen LogP contribution in [0.4, 0.5) is 21.5 Å². The monoisotopic (exact) mass is 246 g/mol. The van der Waals surface area contributed by atoms with E-state index in [9.17, 15) is 14.5 Å². The normalized spacial score (nSPS) is 10.1. The molecule has 0 bridgehead atoms. The lowest BCUT2D eigenvalue weighted by Crippen LogP contribution is -2.09. The van der Waals surface area contributed by atoms with Crippen molar-refractivity contribution in [3.63, 3.8) is 0 Å². The van der Waals surface area contributed by atoms with Crippen molar-refractivity contribution in [3.8, 4) is 0 Å². The molecule has 0 unspecified atom stereocenters. The van der Waals surface area contributed by atoms with E-state index in [0.717, 1.165) is 11.4 Å². The van der Waals surface area contributed by atoms with Crippen molar-refractivity contribution in [2.45, 2.75) is 0 Å². The molecule has 0 saturated carbocycles. The topological polar surface area (TPSA) is 46.4 Å². The van der Waals surface area contributed by atoms with E-state index in [0.29, 0.717) is 0 Å². The summed E-state index contributed by atoms with van der Waals surface area (Å²) in [6.45, 7) is 0. The average Bonchev–Trinajstić information content (AvgIpc) is 2.39. The van der Waals surface area contributed by atoms with Gasteiger partial charge in [0.2, 0.25) is 0 Å². The van der Waals surface area contributed by atoms with Gasteiger partial charge in [-0.15, -0.1) is 0 Å². The summed E-state index contributed by atoms with van der Waals surface area (Å²) in [4.78, 5) is 11.9. The maximum atomic E-state index is 12.8. The molecule has 5 heteroatoms. The standard InChI is InChI=1S/C13H11FN2O2/c1-15(11-4-2-10(14)3-5-11)12-6-8-13(9-7-12)16(17)18/h2-9H,1H3. The first-order valence-electron chi connectivity index (χ1n) is 5.31. The van der Waals surface area contributed by atoms with Gasteiger partial charge in [-0.3, -0.25) is 10.1 Å². The van der Waals surface area contributed by atoms with Gasteiger partial charge in [0.15, 0.2) is 0 Å². The van der Waals surface area contributed by atoms with Gasteiger partial charge < -0.3 is 4.90 Å². The number of anilines is 2. The van der Waals surface area contributed by atoms with Gasteiger partial charge in [-0.2, -0.15) is 0 Å². The number of halogens is 1. The zero-order valence-corrected chi connectivity index (χ0v) is 9.71. The number of nitro benzene ring substituents is 1. The highest BCUT2D eigenvalue weighted by atomic mass is 19.1. The number of hydrogen-bond acceptors (Lipinski definition) is 3. The molecule has 2 aromatic carbocycles. The van der Waals surface area contributed by atoms with Gasteiger partial charge in [-0.1, -0.05) is 0 Å². The third-order valence-electron chi connectivity index (χ3n) is 2.66. The summed E-state index contributed by atoms with van der Waals surface area (Å²) in [6.07, 6.45) is 0. The van der Waals surface area contributed by atoms with Crippen LogP contribution in [0.1, 0.15) is 0 Å². The molecule has 0 spiro atoms. The Morgan fingerprint density at radius 2 is 1.44 bits per heavy atom. The van der Waals surface area contributed by atoms with Gasteiger partial charge in [-0.25, -0.2) is 4.39 Å². The van der Waals surface area contributed by atoms with Crippen LogP contribution in [-0.2, 0) is 0 Å². The fraction of sp³-hybridized carbons (Fsp3) is 0.0769. The maximum Gasteiger partial charge on any atom is 0.269 e. The molecule has 0 amide bonds. The molecule has 0 aliphatic rings. The van der Waals surface area contributed by atoms with Gasteiger partial charge in [0.05, 0.1) is 4.92 Å². The fourth-order valence-electron chi connectivity index (χ4n) is 1.61. The number of nitrogens with zero attached hydrogens (tertiary/aromatic N) is 2. The summed E-state index contributed by atoms with van der Waals surface area (Å²) in [5.74, 6) is -0.296. The maximum absolute atomic E-state index is 12.8. The highest BCUT2D eigenvalue weighted by Gasteiger charge is 2.07. The molecule has 92 valence electrons. The molecule has 2 aromatic rings. The molecule has 4 nitrogen and oxygen atoms in total. The zero-order chi connectivity index (χ0) is 13.1. The van der Waals surface area contributed by atoms with Crippen LogP contribution < -0.4 is 4.90 Å². The van der Waals surface area contributed by atoms with E-state index in [1.54, 1.807) is 24.3 Å². The van der Waals surface area contributed by atoms with E-state index < -0.39 is 4.92 Å². The van der Waals surface area contributed by atoms with Gasteiger partial charge in [-0.05, 0) is 36.4 Å². The minimum atomic E-state index is -0.443. The van der Waals surface area contributed by atoms with Gasteiger partial charge >= 0.3 is 0 Å². The first kappa shape index (κ1) is 12.0. The molecule has 0 radical (unpaired) electrons. The molecular formula is C13H11FN2O2. The predicted molar refractivity (Wildman–Crippen MR) is 67.6 cm³/mol. The SMILES string of the molecule is CN(c1ccc(F)cc1)c1ccc([N+](=O)[O-])cc1. The van der Waals surface area contributed by atoms with Crippen molar-refractivity contribution in [1.82, 2.24) is 0 Å². The lowest BCUT2D eigenvalue weighted by Gasteiger charge is -2.19. The van der Waals surface area contributed by atoms with Crippen LogP contribution in [0, 0.1) is 15.9 Å². The largest absolute Gasteiger partial charge is 0.345 e. The van der Waals surface area contributed by atoms with Crippen LogP contribution in [0.3, 0.4) is 0 Å². The number of benzene rings is 2. The Bertz CT molecular complexity index is 552. The smallest absolute Gasteiger partial charge is 0.269 e. The van der Waals surface area contributed by atoms with Gasteiger partial charge in [0, 0.05) is 30.6 Å². The van der Waals surface area contributed by atoms with Crippen LogP contribution >= 0.6 is 0 Å². The molecule has 0 N–H and O–H groups in total. The van der Waals surface area contributed by atoms with Crippen LogP contribution in [0.5, 0.6) is 0 Å². The van der Waals surface area contributed by atoms with E-state index in [-0.39, 0.29) is 11.5 Å². The van der Waals surface area contributed by atoms with Gasteiger partial charge in [0.25, 0.3) is 5.69 Å². The first-order valence-corrected chi connectivity index (χ1v) is 5.31. The van der Waals surface area contributed by atoms with E-state index in [4.69, 9.17) is 0 Å². The van der Waals surface area contributed by atoms with Gasteiger partial charge in [0.1, 0.15) is 5.82 Å². The molecule has 0 saturated heterocycles. The fourth-order valence-corrected chi connectivity index (χ4v) is 1.61. The zero-order valence-electron chi connectivity index (χ0n) is 9.71. The lowest BCUT2D eigenvalue weighted by molar-refractivity contribution is -0.384. The second-order valence-corrected chi connectivity index (χ2v) is 3.81. The Morgan fingerprint density at radius 1 is 1.00 bits per heavy atom. The van der Waals surface area contributed by atoms with Crippen molar-refractivity contribution in [1.29, 1.82) is 0 Å². The highest BCUT2D eigenvalue weighted by Crippen LogP contribution is 2.25. The predicted octanol–water partition coefficient (Wildman–Crippen LogP) is 3.50. The minimum absolute atomic E-state index is 0.0475. The minimum Gasteiger partial charge on any atom is -0.345 e. The number of hydrogen-bond donors (Lipinski definition) is 0. The second-order valence-electron chi connectivity index (χ2n) is 3.81. The summed E-state index contributed by atoms with van der Waals surface area (Å²) in [7, 11) is 1.81. The van der Waals surface area contributed by atoms with Crippen molar-refractivity contribution in [3.05, 3.63) is 64.5 Å². The average molecular weight is 246 g/mol. The Labute approximate surface area is 103 Å². The number of rotatable bonds is 3. The molecule has 2 rings (SSSR count). The molecular weight excluding hydrogens is 235 g/mol. The Hall–Kier alpha value is -2.43. The van der Waals surface area contributed by atoms with Crippen molar-refractivity contribution < 1.29 is 9.31 Å². The Morgan fingerprint density at radius 3 is 1.89 bits per heavy atom. The van der Waals surface area contributed by atoms with Crippen molar-refractivity contribution >= 4 is 17.1 Å². The number of non-ortho nitro benzene ring substituents is 1. The van der Waals surface area contributed by atoms with Crippen molar-refractivity contribution in [2.75, 3.05) is 11.9 Å². The molecule has 0 aromatic heterocycles. The Kier molecular flexibility index (Phi) is 3.23. The summed E-state index contributed by atoms with van der Waals surface area (Å²) < 4.78 is 12.8. The van der Waals surface area contributed by atoms with E-state index in [1.165, 1.54) is 24.3 Å². The van der Waals surface area contributed by atoms with E-state index >= 15 is 0 Å². The summed E-state index contributed by atoms with van der Waals surface area (Å²) >= 11 is 0.